The third-order valence-corrected chi connectivity index (χ3v) is 4.13. The van der Waals surface area contributed by atoms with Crippen molar-refractivity contribution in [1.82, 2.24) is 0 Å². The summed E-state index contributed by atoms with van der Waals surface area (Å²) in [4.78, 5) is 0. The molecule has 0 amide bonds. The number of amidine groups is 1. The lowest BCUT2D eigenvalue weighted by atomic mass is 9.71. The lowest BCUT2D eigenvalue weighted by Crippen LogP contribution is -2.32. The van der Waals surface area contributed by atoms with Gasteiger partial charge >= 0.3 is 0 Å². The number of nitrogens with one attached hydrogen (secondary N) is 1. The van der Waals surface area contributed by atoms with E-state index in [4.69, 9.17) is 15.9 Å². The molecule has 0 saturated heterocycles. The van der Waals surface area contributed by atoms with Crippen LogP contribution < -0.4 is 5.73 Å². The molecule has 0 aliphatic heterocycles. The van der Waals surface area contributed by atoms with Gasteiger partial charge in [0.1, 0.15) is 5.84 Å². The first kappa shape index (κ1) is 15.0. The van der Waals surface area contributed by atoms with E-state index in [9.17, 15) is 0 Å². The largest absolute Gasteiger partial charge is 0.384 e. The standard InChI is InChI=1S/C17H26N2O/c1-12-8-14(10-17(2,3)9-12)20-11-13-6-4-5-7-15(13)16(18)19/h4-7,12,14H,8-11H2,1-3H3,(H3,18,19). The summed E-state index contributed by atoms with van der Waals surface area (Å²) in [6.45, 7) is 7.50. The molecule has 1 aromatic carbocycles. The number of rotatable bonds is 4. The van der Waals surface area contributed by atoms with Gasteiger partial charge in [-0.05, 0) is 36.2 Å². The summed E-state index contributed by atoms with van der Waals surface area (Å²) in [6, 6.07) is 7.76. The van der Waals surface area contributed by atoms with E-state index in [0.29, 0.717) is 24.0 Å². The van der Waals surface area contributed by atoms with Crippen LogP contribution in [0.1, 0.15) is 51.2 Å². The van der Waals surface area contributed by atoms with Gasteiger partial charge in [-0.15, -0.1) is 0 Å². The van der Waals surface area contributed by atoms with Crippen LogP contribution in [0.2, 0.25) is 0 Å². The minimum Gasteiger partial charge on any atom is -0.384 e. The fraction of sp³-hybridized carbons (Fsp3) is 0.588. The molecule has 1 aromatic rings. The lowest BCUT2D eigenvalue weighted by molar-refractivity contribution is -0.0316. The lowest BCUT2D eigenvalue weighted by Gasteiger charge is -2.38. The maximum absolute atomic E-state index is 7.62. The first-order valence-electron chi connectivity index (χ1n) is 7.41. The molecule has 3 N–H and O–H groups in total. The van der Waals surface area contributed by atoms with Crippen molar-refractivity contribution >= 4 is 5.84 Å². The summed E-state index contributed by atoms with van der Waals surface area (Å²) < 4.78 is 6.11. The van der Waals surface area contributed by atoms with Gasteiger partial charge in [-0.2, -0.15) is 0 Å². The van der Waals surface area contributed by atoms with Crippen LogP contribution in [0.3, 0.4) is 0 Å². The molecule has 0 bridgehead atoms. The highest BCUT2D eigenvalue weighted by atomic mass is 16.5. The number of nitrogens with two attached hydrogens (primary N) is 1. The van der Waals surface area contributed by atoms with Crippen LogP contribution in [0.5, 0.6) is 0 Å². The van der Waals surface area contributed by atoms with Gasteiger partial charge < -0.3 is 10.5 Å². The summed E-state index contributed by atoms with van der Waals surface area (Å²) in [5.41, 5.74) is 7.78. The highest BCUT2D eigenvalue weighted by Crippen LogP contribution is 2.39. The van der Waals surface area contributed by atoms with E-state index in [-0.39, 0.29) is 5.84 Å². The molecular formula is C17H26N2O. The molecule has 2 rings (SSSR count). The molecule has 2 unspecified atom stereocenters. The predicted octanol–water partition coefficient (Wildman–Crippen LogP) is 3.70. The van der Waals surface area contributed by atoms with Crippen molar-refractivity contribution in [2.45, 2.75) is 52.7 Å². The van der Waals surface area contributed by atoms with Crippen LogP contribution >= 0.6 is 0 Å². The molecule has 1 aliphatic carbocycles. The second-order valence-corrected chi connectivity index (χ2v) is 6.92. The fourth-order valence-corrected chi connectivity index (χ4v) is 3.50. The second-order valence-electron chi connectivity index (χ2n) is 6.92. The van der Waals surface area contributed by atoms with Crippen molar-refractivity contribution < 1.29 is 4.74 Å². The second kappa shape index (κ2) is 5.96. The van der Waals surface area contributed by atoms with Crippen LogP contribution in [0.15, 0.2) is 24.3 Å². The zero-order valence-electron chi connectivity index (χ0n) is 12.8. The third-order valence-electron chi connectivity index (χ3n) is 4.13. The molecule has 0 aromatic heterocycles. The molecule has 1 fully saturated rings. The summed E-state index contributed by atoms with van der Waals surface area (Å²) >= 11 is 0. The van der Waals surface area contributed by atoms with Crippen molar-refractivity contribution in [3.05, 3.63) is 35.4 Å². The van der Waals surface area contributed by atoms with Gasteiger partial charge in [0, 0.05) is 5.56 Å². The van der Waals surface area contributed by atoms with Crippen molar-refractivity contribution in [3.8, 4) is 0 Å². The van der Waals surface area contributed by atoms with Crippen LogP contribution in [0.4, 0.5) is 0 Å². The topological polar surface area (TPSA) is 59.1 Å². The molecular weight excluding hydrogens is 248 g/mol. The van der Waals surface area contributed by atoms with Crippen molar-refractivity contribution in [2.24, 2.45) is 17.1 Å². The smallest absolute Gasteiger partial charge is 0.123 e. The molecule has 2 atom stereocenters. The minimum absolute atomic E-state index is 0.113. The van der Waals surface area contributed by atoms with Gasteiger partial charge in [-0.3, -0.25) is 5.41 Å². The normalized spacial score (nSPS) is 25.4. The Kier molecular flexibility index (Phi) is 4.48. The fourth-order valence-electron chi connectivity index (χ4n) is 3.50. The van der Waals surface area contributed by atoms with E-state index >= 15 is 0 Å². The van der Waals surface area contributed by atoms with Crippen LogP contribution in [0, 0.1) is 16.7 Å². The molecule has 1 aliphatic rings. The minimum atomic E-state index is 0.113. The molecule has 0 spiro atoms. The zero-order valence-corrected chi connectivity index (χ0v) is 12.8. The van der Waals surface area contributed by atoms with Crippen LogP contribution in [-0.2, 0) is 11.3 Å². The molecule has 110 valence electrons. The average molecular weight is 274 g/mol. The van der Waals surface area contributed by atoms with E-state index in [1.54, 1.807) is 0 Å². The van der Waals surface area contributed by atoms with E-state index < -0.39 is 0 Å². The monoisotopic (exact) mass is 274 g/mol. The molecule has 20 heavy (non-hydrogen) atoms. The maximum Gasteiger partial charge on any atom is 0.123 e. The highest BCUT2D eigenvalue weighted by Gasteiger charge is 2.32. The van der Waals surface area contributed by atoms with E-state index in [0.717, 1.165) is 24.0 Å². The Labute approximate surface area is 122 Å². The maximum atomic E-state index is 7.62. The van der Waals surface area contributed by atoms with E-state index in [2.05, 4.69) is 20.8 Å². The van der Waals surface area contributed by atoms with Gasteiger partial charge in [0.2, 0.25) is 0 Å². The first-order chi connectivity index (χ1) is 9.37. The average Bonchev–Trinajstić information content (AvgIpc) is 2.34. The van der Waals surface area contributed by atoms with Crippen LogP contribution in [-0.4, -0.2) is 11.9 Å². The summed E-state index contributed by atoms with van der Waals surface area (Å²) in [5.74, 6) is 0.827. The van der Waals surface area contributed by atoms with Gasteiger partial charge in [0.05, 0.1) is 12.7 Å². The first-order valence-corrected chi connectivity index (χ1v) is 7.41. The zero-order chi connectivity index (χ0) is 14.8. The van der Waals surface area contributed by atoms with E-state index in [1.165, 1.54) is 6.42 Å². The Balaban J connectivity index is 2.00. The molecule has 3 nitrogen and oxygen atoms in total. The Morgan fingerprint density at radius 2 is 2.05 bits per heavy atom. The molecule has 1 saturated carbocycles. The van der Waals surface area contributed by atoms with Crippen molar-refractivity contribution in [2.75, 3.05) is 0 Å². The Morgan fingerprint density at radius 1 is 1.35 bits per heavy atom. The summed E-state index contributed by atoms with van der Waals surface area (Å²) in [6.07, 6.45) is 3.83. The molecule has 3 heteroatoms. The molecule has 0 heterocycles. The Morgan fingerprint density at radius 3 is 2.70 bits per heavy atom. The highest BCUT2D eigenvalue weighted by molar-refractivity contribution is 5.96. The SMILES string of the molecule is CC1CC(OCc2ccccc2C(=N)N)CC(C)(C)C1. The van der Waals surface area contributed by atoms with Gasteiger partial charge in [0.15, 0.2) is 0 Å². The van der Waals surface area contributed by atoms with Gasteiger partial charge in [0.25, 0.3) is 0 Å². The Bertz CT molecular complexity index is 482. The van der Waals surface area contributed by atoms with Gasteiger partial charge in [-0.25, -0.2) is 0 Å². The number of ether oxygens (including phenoxy) is 1. The number of hydrogen-bond donors (Lipinski definition) is 2. The predicted molar refractivity (Wildman–Crippen MR) is 82.8 cm³/mol. The van der Waals surface area contributed by atoms with Crippen molar-refractivity contribution in [3.63, 3.8) is 0 Å². The number of benzene rings is 1. The van der Waals surface area contributed by atoms with Crippen molar-refractivity contribution in [1.29, 1.82) is 5.41 Å². The van der Waals surface area contributed by atoms with Crippen LogP contribution in [0.25, 0.3) is 0 Å². The van der Waals surface area contributed by atoms with E-state index in [1.807, 2.05) is 24.3 Å². The number of nitrogen functional groups attached to an aromatic ring is 1. The van der Waals surface area contributed by atoms with Gasteiger partial charge in [-0.1, -0.05) is 45.0 Å². The number of hydrogen-bond acceptors (Lipinski definition) is 2. The Hall–Kier alpha value is -1.35. The third kappa shape index (κ3) is 3.83. The summed E-state index contributed by atoms with van der Waals surface area (Å²) in [5, 5.41) is 7.62. The summed E-state index contributed by atoms with van der Waals surface area (Å²) in [7, 11) is 0. The molecule has 0 radical (unpaired) electrons. The quantitative estimate of drug-likeness (QED) is 0.649.